The lowest BCUT2D eigenvalue weighted by molar-refractivity contribution is 0.0617. The first kappa shape index (κ1) is 18.8. The molecule has 1 saturated heterocycles. The van der Waals surface area contributed by atoms with Gasteiger partial charge in [0.05, 0.1) is 22.5 Å². The zero-order valence-corrected chi connectivity index (χ0v) is 17.2. The molecule has 148 valence electrons. The third-order valence-corrected chi connectivity index (χ3v) is 5.93. The molecular weight excluding hydrogens is 376 g/mol. The molecule has 1 aliphatic rings. The number of rotatable bonds is 5. The van der Waals surface area contributed by atoms with Gasteiger partial charge in [0, 0.05) is 56.4 Å². The van der Waals surface area contributed by atoms with Crippen molar-refractivity contribution in [1.29, 1.82) is 0 Å². The summed E-state index contributed by atoms with van der Waals surface area (Å²) in [6.07, 6.45) is 1.76. The maximum Gasteiger partial charge on any atom is 0.276 e. The molecule has 1 fully saturated rings. The smallest absolute Gasteiger partial charge is 0.276 e. The molecule has 0 aromatic carbocycles. The molecule has 0 saturated carbocycles. The van der Waals surface area contributed by atoms with Crippen molar-refractivity contribution in [1.82, 2.24) is 29.7 Å². The second kappa shape index (κ2) is 7.84. The van der Waals surface area contributed by atoms with E-state index >= 15 is 0 Å². The zero-order valence-electron chi connectivity index (χ0n) is 16.4. The summed E-state index contributed by atoms with van der Waals surface area (Å²) < 4.78 is 7.33. The summed E-state index contributed by atoms with van der Waals surface area (Å²) in [5.41, 5.74) is 3.33. The van der Waals surface area contributed by atoms with Gasteiger partial charge in [0.1, 0.15) is 0 Å². The van der Waals surface area contributed by atoms with E-state index in [4.69, 9.17) is 4.52 Å². The molecule has 0 N–H and O–H groups in total. The van der Waals surface area contributed by atoms with Crippen molar-refractivity contribution in [3.05, 3.63) is 39.7 Å². The van der Waals surface area contributed by atoms with Gasteiger partial charge in [-0.2, -0.15) is 5.10 Å². The molecule has 0 unspecified atom stereocenters. The van der Waals surface area contributed by atoms with Crippen LogP contribution in [0.1, 0.15) is 33.8 Å². The van der Waals surface area contributed by atoms with Crippen LogP contribution in [-0.2, 0) is 13.1 Å². The Hall–Kier alpha value is -2.52. The third kappa shape index (κ3) is 3.72. The first-order valence-electron chi connectivity index (χ1n) is 9.47. The van der Waals surface area contributed by atoms with Crippen LogP contribution in [0.3, 0.4) is 0 Å². The Labute approximate surface area is 167 Å². The van der Waals surface area contributed by atoms with Gasteiger partial charge in [0.25, 0.3) is 5.91 Å². The fraction of sp³-hybridized carbons (Fsp3) is 0.474. The summed E-state index contributed by atoms with van der Waals surface area (Å²) in [7, 11) is 0. The van der Waals surface area contributed by atoms with Gasteiger partial charge in [0.15, 0.2) is 11.5 Å². The number of piperazine rings is 1. The topological polar surface area (TPSA) is 80.3 Å². The Morgan fingerprint density at radius 3 is 2.68 bits per heavy atom. The highest BCUT2D eigenvalue weighted by Gasteiger charge is 2.25. The van der Waals surface area contributed by atoms with Gasteiger partial charge in [-0.3, -0.25) is 14.4 Å². The van der Waals surface area contributed by atoms with Gasteiger partial charge >= 0.3 is 0 Å². The predicted molar refractivity (Wildman–Crippen MR) is 106 cm³/mol. The molecule has 1 amide bonds. The summed E-state index contributed by atoms with van der Waals surface area (Å²) in [4.78, 5) is 21.5. The van der Waals surface area contributed by atoms with Crippen molar-refractivity contribution in [3.63, 3.8) is 0 Å². The highest BCUT2D eigenvalue weighted by atomic mass is 32.1. The number of carbonyl (C=O) groups is 1. The summed E-state index contributed by atoms with van der Waals surface area (Å²) in [6, 6.07) is 1.72. The number of aryl methyl sites for hydroxylation is 2. The molecule has 0 aliphatic carbocycles. The first-order chi connectivity index (χ1) is 13.5. The normalized spacial score (nSPS) is 15.3. The molecular formula is C19H24N6O2S. The molecule has 4 rings (SSSR count). The molecule has 0 spiro atoms. The lowest BCUT2D eigenvalue weighted by Crippen LogP contribution is -2.48. The minimum absolute atomic E-state index is 0.0836. The van der Waals surface area contributed by atoms with Crippen molar-refractivity contribution in [2.75, 3.05) is 26.2 Å². The minimum atomic E-state index is -0.0836. The van der Waals surface area contributed by atoms with Crippen LogP contribution < -0.4 is 0 Å². The van der Waals surface area contributed by atoms with Gasteiger partial charge in [-0.1, -0.05) is 5.16 Å². The highest BCUT2D eigenvalue weighted by Crippen LogP contribution is 2.24. The maximum absolute atomic E-state index is 12.8. The minimum Gasteiger partial charge on any atom is -0.355 e. The van der Waals surface area contributed by atoms with Crippen molar-refractivity contribution in [3.8, 4) is 11.3 Å². The van der Waals surface area contributed by atoms with Gasteiger partial charge < -0.3 is 9.42 Å². The van der Waals surface area contributed by atoms with Crippen LogP contribution in [0.4, 0.5) is 0 Å². The van der Waals surface area contributed by atoms with Crippen LogP contribution in [0.2, 0.25) is 0 Å². The Morgan fingerprint density at radius 1 is 1.25 bits per heavy atom. The molecule has 4 heterocycles. The molecule has 0 atom stereocenters. The number of hydrogen-bond acceptors (Lipinski definition) is 7. The third-order valence-electron chi connectivity index (χ3n) is 5.11. The van der Waals surface area contributed by atoms with Crippen LogP contribution in [0, 0.1) is 13.8 Å². The quantitative estimate of drug-likeness (QED) is 0.655. The van der Waals surface area contributed by atoms with E-state index in [0.29, 0.717) is 24.5 Å². The summed E-state index contributed by atoms with van der Waals surface area (Å²) in [5, 5.41) is 11.5. The summed E-state index contributed by atoms with van der Waals surface area (Å²) in [5.74, 6) is 0.498. The zero-order chi connectivity index (χ0) is 19.7. The average Bonchev–Trinajstić information content (AvgIpc) is 3.42. The number of carbonyl (C=O) groups excluding carboxylic acids is 1. The number of nitrogens with zero attached hydrogens (tertiary/aromatic N) is 6. The van der Waals surface area contributed by atoms with E-state index in [1.165, 1.54) is 0 Å². The largest absolute Gasteiger partial charge is 0.355 e. The number of aromatic nitrogens is 4. The lowest BCUT2D eigenvalue weighted by atomic mass is 10.2. The van der Waals surface area contributed by atoms with Crippen molar-refractivity contribution < 1.29 is 9.32 Å². The van der Waals surface area contributed by atoms with Crippen LogP contribution >= 0.6 is 11.3 Å². The summed E-state index contributed by atoms with van der Waals surface area (Å²) in [6.45, 7) is 10.7. The van der Waals surface area contributed by atoms with Gasteiger partial charge in [-0.25, -0.2) is 4.98 Å². The molecule has 0 bridgehead atoms. The standard InChI is InChI=1S/C19H24N6O2S/c1-4-25-13(2)16(10-20-25)18-9-17(22-27-18)19(26)24-7-5-23(6-8-24)11-15-12-28-14(3)21-15/h9-10,12H,4-8,11H2,1-3H3. The van der Waals surface area contributed by atoms with Crippen LogP contribution in [-0.4, -0.2) is 61.8 Å². The van der Waals surface area contributed by atoms with Crippen LogP contribution in [0.15, 0.2) is 22.2 Å². The van der Waals surface area contributed by atoms with E-state index in [2.05, 4.69) is 25.5 Å². The van der Waals surface area contributed by atoms with Crippen LogP contribution in [0.5, 0.6) is 0 Å². The Kier molecular flexibility index (Phi) is 5.27. The predicted octanol–water partition coefficient (Wildman–Crippen LogP) is 2.59. The molecule has 3 aromatic rings. The monoisotopic (exact) mass is 400 g/mol. The van der Waals surface area contributed by atoms with E-state index in [-0.39, 0.29) is 5.91 Å². The van der Waals surface area contributed by atoms with Gasteiger partial charge in [-0.15, -0.1) is 11.3 Å². The fourth-order valence-electron chi connectivity index (χ4n) is 3.49. The van der Waals surface area contributed by atoms with Crippen molar-refractivity contribution >= 4 is 17.2 Å². The van der Waals surface area contributed by atoms with E-state index < -0.39 is 0 Å². The number of thiazole rings is 1. The second-order valence-electron chi connectivity index (χ2n) is 6.96. The van der Waals surface area contributed by atoms with Gasteiger partial charge in [-0.05, 0) is 20.8 Å². The molecule has 3 aromatic heterocycles. The van der Waals surface area contributed by atoms with Crippen molar-refractivity contribution in [2.45, 2.75) is 33.9 Å². The highest BCUT2D eigenvalue weighted by molar-refractivity contribution is 7.09. The molecule has 9 heteroatoms. The van der Waals surface area contributed by atoms with E-state index in [1.54, 1.807) is 23.6 Å². The number of amides is 1. The first-order valence-corrected chi connectivity index (χ1v) is 10.3. The number of hydrogen-bond donors (Lipinski definition) is 0. The maximum atomic E-state index is 12.8. The fourth-order valence-corrected chi connectivity index (χ4v) is 4.09. The van der Waals surface area contributed by atoms with E-state index in [0.717, 1.165) is 48.1 Å². The summed E-state index contributed by atoms with van der Waals surface area (Å²) >= 11 is 1.67. The molecule has 0 radical (unpaired) electrons. The Morgan fingerprint density at radius 2 is 2.04 bits per heavy atom. The van der Waals surface area contributed by atoms with E-state index in [9.17, 15) is 4.79 Å². The van der Waals surface area contributed by atoms with E-state index in [1.807, 2.05) is 30.4 Å². The Balaban J connectivity index is 1.38. The lowest BCUT2D eigenvalue weighted by Gasteiger charge is -2.33. The van der Waals surface area contributed by atoms with Crippen molar-refractivity contribution in [2.24, 2.45) is 0 Å². The molecule has 1 aliphatic heterocycles. The molecule has 8 nitrogen and oxygen atoms in total. The van der Waals surface area contributed by atoms with Crippen LogP contribution in [0.25, 0.3) is 11.3 Å². The Bertz CT molecular complexity index is 967. The SMILES string of the molecule is CCn1ncc(-c2cc(C(=O)N3CCN(Cc4csc(C)n4)CC3)no2)c1C. The average molecular weight is 401 g/mol. The second-order valence-corrected chi connectivity index (χ2v) is 8.02. The molecule has 28 heavy (non-hydrogen) atoms. The van der Waals surface area contributed by atoms with Gasteiger partial charge in [0.2, 0.25) is 0 Å².